The second-order valence-corrected chi connectivity index (χ2v) is 4.96. The summed E-state index contributed by atoms with van der Waals surface area (Å²) in [5.41, 5.74) is 3.81. The van der Waals surface area contributed by atoms with Crippen LogP contribution in [0.4, 0.5) is 0 Å². The number of rotatable bonds is 3. The molecule has 1 N–H and O–H groups in total. The zero-order chi connectivity index (χ0) is 14.2. The fourth-order valence-corrected chi connectivity index (χ4v) is 2.01. The third kappa shape index (κ3) is 2.36. The number of aromatic nitrogens is 3. The van der Waals surface area contributed by atoms with Crippen LogP contribution in [0.2, 0.25) is 0 Å². The number of hydrogen-bond acceptors (Lipinski definition) is 3. The molecule has 2 rings (SSSR count). The van der Waals surface area contributed by atoms with Crippen LogP contribution in [-0.2, 0) is 0 Å². The fourth-order valence-electron chi connectivity index (χ4n) is 2.01. The molecule has 1 aromatic carbocycles. The van der Waals surface area contributed by atoms with Crippen molar-refractivity contribution in [3.05, 3.63) is 40.7 Å². The van der Waals surface area contributed by atoms with Gasteiger partial charge in [-0.2, -0.15) is 0 Å². The van der Waals surface area contributed by atoms with Crippen molar-refractivity contribution in [1.29, 1.82) is 0 Å². The number of carbonyl (C=O) groups is 1. The van der Waals surface area contributed by atoms with E-state index in [-0.39, 0.29) is 11.6 Å². The van der Waals surface area contributed by atoms with Gasteiger partial charge >= 0.3 is 5.97 Å². The minimum atomic E-state index is -1.04. The van der Waals surface area contributed by atoms with E-state index in [1.165, 1.54) is 5.56 Å². The second kappa shape index (κ2) is 4.84. The van der Waals surface area contributed by atoms with Crippen LogP contribution in [0, 0.1) is 13.8 Å². The maximum atomic E-state index is 11.2. The van der Waals surface area contributed by atoms with Gasteiger partial charge in [0.05, 0.1) is 11.4 Å². The maximum Gasteiger partial charge on any atom is 0.358 e. The van der Waals surface area contributed by atoms with Crippen LogP contribution in [0.3, 0.4) is 0 Å². The van der Waals surface area contributed by atoms with E-state index >= 15 is 0 Å². The molecule has 0 fully saturated rings. The molecule has 0 spiro atoms. The van der Waals surface area contributed by atoms with Crippen molar-refractivity contribution in [1.82, 2.24) is 15.0 Å². The van der Waals surface area contributed by atoms with Crippen molar-refractivity contribution in [2.24, 2.45) is 0 Å². The normalized spacial score (nSPS) is 11.0. The molecule has 5 heteroatoms. The van der Waals surface area contributed by atoms with Gasteiger partial charge in [0.2, 0.25) is 0 Å². The van der Waals surface area contributed by atoms with Gasteiger partial charge in [0.15, 0.2) is 5.69 Å². The number of carboxylic acids is 1. The quantitative estimate of drug-likeness (QED) is 0.920. The van der Waals surface area contributed by atoms with E-state index in [0.29, 0.717) is 5.69 Å². The molecule has 0 saturated heterocycles. The Hall–Kier alpha value is -2.17. The van der Waals surface area contributed by atoms with E-state index in [4.69, 9.17) is 5.11 Å². The molecular formula is C14H17N3O2. The molecular weight excluding hydrogens is 242 g/mol. The number of carboxylic acid groups (broad SMARTS) is 1. The first kappa shape index (κ1) is 13.3. The summed E-state index contributed by atoms with van der Waals surface area (Å²) in [6.07, 6.45) is 0. The van der Waals surface area contributed by atoms with Gasteiger partial charge in [-0.25, -0.2) is 9.48 Å². The lowest BCUT2D eigenvalue weighted by Crippen LogP contribution is -2.08. The molecule has 0 bridgehead atoms. The molecule has 0 aliphatic rings. The monoisotopic (exact) mass is 259 g/mol. The van der Waals surface area contributed by atoms with Crippen molar-refractivity contribution in [3.63, 3.8) is 0 Å². The molecule has 0 radical (unpaired) electrons. The summed E-state index contributed by atoms with van der Waals surface area (Å²) in [7, 11) is 0. The zero-order valence-electron chi connectivity index (χ0n) is 11.5. The zero-order valence-corrected chi connectivity index (χ0v) is 11.5. The highest BCUT2D eigenvalue weighted by Gasteiger charge is 2.22. The number of nitrogens with zero attached hydrogens (tertiary/aromatic N) is 3. The molecule has 1 heterocycles. The van der Waals surface area contributed by atoms with Crippen molar-refractivity contribution in [2.75, 3.05) is 0 Å². The van der Waals surface area contributed by atoms with Crippen LogP contribution in [0.25, 0.3) is 5.69 Å². The highest BCUT2D eigenvalue weighted by molar-refractivity contribution is 5.86. The molecule has 1 aromatic heterocycles. The lowest BCUT2D eigenvalue weighted by Gasteiger charge is -2.11. The topological polar surface area (TPSA) is 68.0 Å². The smallest absolute Gasteiger partial charge is 0.358 e. The molecule has 5 nitrogen and oxygen atoms in total. The molecule has 0 amide bonds. The van der Waals surface area contributed by atoms with Gasteiger partial charge in [0, 0.05) is 0 Å². The summed E-state index contributed by atoms with van der Waals surface area (Å²) in [5, 5.41) is 16.9. The van der Waals surface area contributed by atoms with Crippen LogP contribution in [-0.4, -0.2) is 26.1 Å². The molecule has 100 valence electrons. The molecule has 0 aliphatic carbocycles. The average molecular weight is 259 g/mol. The molecule has 0 atom stereocenters. The highest BCUT2D eigenvalue weighted by Crippen LogP contribution is 2.22. The fraction of sp³-hybridized carbons (Fsp3) is 0.357. The number of benzene rings is 1. The van der Waals surface area contributed by atoms with Gasteiger partial charge in [0.25, 0.3) is 0 Å². The van der Waals surface area contributed by atoms with Crippen LogP contribution in [0.5, 0.6) is 0 Å². The largest absolute Gasteiger partial charge is 0.476 e. The summed E-state index contributed by atoms with van der Waals surface area (Å²) in [4.78, 5) is 11.2. The summed E-state index contributed by atoms with van der Waals surface area (Å²) >= 11 is 0. The van der Waals surface area contributed by atoms with Gasteiger partial charge in [0.1, 0.15) is 0 Å². The predicted molar refractivity (Wildman–Crippen MR) is 71.9 cm³/mol. The van der Waals surface area contributed by atoms with Crippen LogP contribution < -0.4 is 0 Å². The summed E-state index contributed by atoms with van der Waals surface area (Å²) in [5.74, 6) is -1.01. The SMILES string of the molecule is Cc1ccc(-n2nnc(C(=O)O)c2C(C)C)cc1C. The molecule has 2 aromatic rings. The molecule has 0 unspecified atom stereocenters. The van der Waals surface area contributed by atoms with E-state index in [1.807, 2.05) is 45.9 Å². The van der Waals surface area contributed by atoms with E-state index < -0.39 is 5.97 Å². The Morgan fingerprint density at radius 2 is 1.95 bits per heavy atom. The Balaban J connectivity index is 2.62. The van der Waals surface area contributed by atoms with Gasteiger partial charge in [-0.1, -0.05) is 25.1 Å². The Bertz CT molecular complexity index is 630. The Morgan fingerprint density at radius 1 is 1.26 bits per heavy atom. The number of aromatic carboxylic acids is 1. The molecule has 0 saturated carbocycles. The van der Waals surface area contributed by atoms with Crippen LogP contribution in [0.1, 0.15) is 47.1 Å². The predicted octanol–water partition coefficient (Wildman–Crippen LogP) is 2.71. The van der Waals surface area contributed by atoms with Crippen LogP contribution in [0.15, 0.2) is 18.2 Å². The standard InChI is InChI=1S/C14H17N3O2/c1-8(2)13-12(14(18)19)15-16-17(13)11-6-5-9(3)10(4)7-11/h5-8H,1-4H3,(H,18,19). The van der Waals surface area contributed by atoms with E-state index in [1.54, 1.807) is 4.68 Å². The van der Waals surface area contributed by atoms with Gasteiger partial charge in [-0.15, -0.1) is 5.10 Å². The van der Waals surface area contributed by atoms with E-state index in [0.717, 1.165) is 11.3 Å². The first-order valence-corrected chi connectivity index (χ1v) is 6.18. The van der Waals surface area contributed by atoms with Gasteiger partial charge in [-0.05, 0) is 43.0 Å². The molecule has 0 aliphatic heterocycles. The number of hydrogen-bond donors (Lipinski definition) is 1. The lowest BCUT2D eigenvalue weighted by molar-refractivity contribution is 0.0688. The molecule has 19 heavy (non-hydrogen) atoms. The van der Waals surface area contributed by atoms with Crippen molar-refractivity contribution in [2.45, 2.75) is 33.6 Å². The minimum absolute atomic E-state index is 0.0215. The Morgan fingerprint density at radius 3 is 2.47 bits per heavy atom. The third-order valence-electron chi connectivity index (χ3n) is 3.19. The van der Waals surface area contributed by atoms with Crippen LogP contribution >= 0.6 is 0 Å². The van der Waals surface area contributed by atoms with Gasteiger partial charge < -0.3 is 5.11 Å². The summed E-state index contributed by atoms with van der Waals surface area (Å²) in [6, 6.07) is 5.91. The second-order valence-electron chi connectivity index (χ2n) is 4.96. The Labute approximate surface area is 111 Å². The van der Waals surface area contributed by atoms with E-state index in [2.05, 4.69) is 10.3 Å². The highest BCUT2D eigenvalue weighted by atomic mass is 16.4. The van der Waals surface area contributed by atoms with Crippen molar-refractivity contribution < 1.29 is 9.90 Å². The first-order valence-electron chi connectivity index (χ1n) is 6.18. The summed E-state index contributed by atoms with van der Waals surface area (Å²) < 4.78 is 1.61. The first-order chi connectivity index (χ1) is 8.91. The maximum absolute atomic E-state index is 11.2. The number of aryl methyl sites for hydroxylation is 2. The van der Waals surface area contributed by atoms with Crippen molar-refractivity contribution >= 4 is 5.97 Å². The van der Waals surface area contributed by atoms with Crippen molar-refractivity contribution in [3.8, 4) is 5.69 Å². The average Bonchev–Trinajstić information content (AvgIpc) is 2.77. The third-order valence-corrected chi connectivity index (χ3v) is 3.19. The van der Waals surface area contributed by atoms with Gasteiger partial charge in [-0.3, -0.25) is 0 Å². The van der Waals surface area contributed by atoms with E-state index in [9.17, 15) is 4.79 Å². The minimum Gasteiger partial charge on any atom is -0.476 e. The Kier molecular flexibility index (Phi) is 3.38. The lowest BCUT2D eigenvalue weighted by atomic mass is 10.1. The summed E-state index contributed by atoms with van der Waals surface area (Å²) in [6.45, 7) is 7.92.